The van der Waals surface area contributed by atoms with E-state index in [1.165, 1.54) is 6.92 Å². The SMILES string of the molecule is CCCCC(OC(C)=O)=C(I)I. The lowest BCUT2D eigenvalue weighted by molar-refractivity contribution is -0.137. The molecule has 0 heterocycles. The highest BCUT2D eigenvalue weighted by Crippen LogP contribution is 2.25. The third-order valence-electron chi connectivity index (χ3n) is 1.24. The number of halogens is 2. The van der Waals surface area contributed by atoms with Gasteiger partial charge in [-0.3, -0.25) is 4.79 Å². The van der Waals surface area contributed by atoms with Crippen LogP contribution in [0.3, 0.4) is 0 Å². The molecule has 0 aliphatic carbocycles. The fourth-order valence-electron chi connectivity index (χ4n) is 0.695. The third-order valence-corrected chi connectivity index (χ3v) is 2.44. The van der Waals surface area contributed by atoms with Crippen LogP contribution in [0.1, 0.15) is 33.1 Å². The Hall–Kier alpha value is 0.670. The quantitative estimate of drug-likeness (QED) is 0.412. The topological polar surface area (TPSA) is 26.3 Å². The number of hydrogen-bond donors (Lipinski definition) is 0. The highest BCUT2D eigenvalue weighted by molar-refractivity contribution is 14.2. The lowest BCUT2D eigenvalue weighted by Crippen LogP contribution is -1.99. The fourth-order valence-corrected chi connectivity index (χ4v) is 1.45. The van der Waals surface area contributed by atoms with Crippen molar-refractivity contribution >= 4 is 51.2 Å². The van der Waals surface area contributed by atoms with Gasteiger partial charge in [0, 0.05) is 13.3 Å². The average molecular weight is 394 g/mol. The summed E-state index contributed by atoms with van der Waals surface area (Å²) in [4.78, 5) is 10.7. The van der Waals surface area contributed by atoms with Gasteiger partial charge in [0.05, 0.1) is 1.59 Å². The minimum Gasteiger partial charge on any atom is -0.430 e. The van der Waals surface area contributed by atoms with E-state index in [9.17, 15) is 4.79 Å². The van der Waals surface area contributed by atoms with Crippen LogP contribution in [0, 0.1) is 0 Å². The number of ether oxygens (including phenoxy) is 1. The monoisotopic (exact) mass is 394 g/mol. The van der Waals surface area contributed by atoms with Crippen LogP contribution in [-0.2, 0) is 9.53 Å². The molecule has 0 unspecified atom stereocenters. The maximum Gasteiger partial charge on any atom is 0.307 e. The predicted molar refractivity (Wildman–Crippen MR) is 66.4 cm³/mol. The minimum atomic E-state index is -0.230. The summed E-state index contributed by atoms with van der Waals surface area (Å²) in [5, 5.41) is 0. The van der Waals surface area contributed by atoms with E-state index in [0.29, 0.717) is 0 Å². The van der Waals surface area contributed by atoms with Crippen molar-refractivity contribution < 1.29 is 9.53 Å². The molecule has 0 amide bonds. The molecule has 0 rings (SSSR count). The molecule has 0 aliphatic heterocycles. The van der Waals surface area contributed by atoms with Crippen LogP contribution < -0.4 is 0 Å². The Morgan fingerprint density at radius 2 is 2.00 bits per heavy atom. The van der Waals surface area contributed by atoms with E-state index >= 15 is 0 Å². The van der Waals surface area contributed by atoms with E-state index in [1.807, 2.05) is 0 Å². The Labute approximate surface area is 100 Å². The minimum absolute atomic E-state index is 0.230. The van der Waals surface area contributed by atoms with Gasteiger partial charge in [0.25, 0.3) is 0 Å². The summed E-state index contributed by atoms with van der Waals surface area (Å²) >= 11 is 4.33. The van der Waals surface area contributed by atoms with Gasteiger partial charge in [0.15, 0.2) is 0 Å². The molecule has 0 aromatic carbocycles. The Bertz CT molecular complexity index is 183. The van der Waals surface area contributed by atoms with Gasteiger partial charge in [-0.2, -0.15) is 0 Å². The van der Waals surface area contributed by atoms with Crippen molar-refractivity contribution in [2.45, 2.75) is 33.1 Å². The van der Waals surface area contributed by atoms with E-state index in [2.05, 4.69) is 52.1 Å². The summed E-state index contributed by atoms with van der Waals surface area (Å²) < 4.78 is 6.08. The standard InChI is InChI=1S/C8H12I2O2/c1-3-4-5-7(8(9)10)12-6(2)11/h3-5H2,1-2H3. The van der Waals surface area contributed by atoms with Gasteiger partial charge in [0.1, 0.15) is 5.76 Å². The zero-order valence-electron chi connectivity index (χ0n) is 7.19. The molecule has 0 aliphatic rings. The first-order valence-corrected chi connectivity index (χ1v) is 5.96. The first kappa shape index (κ1) is 12.7. The van der Waals surface area contributed by atoms with Crippen LogP contribution in [0.15, 0.2) is 7.35 Å². The summed E-state index contributed by atoms with van der Waals surface area (Å²) in [5.41, 5.74) is 0. The Morgan fingerprint density at radius 1 is 1.42 bits per heavy atom. The number of esters is 1. The van der Waals surface area contributed by atoms with Gasteiger partial charge in [-0.15, -0.1) is 0 Å². The average Bonchev–Trinajstić information content (AvgIpc) is 1.96. The van der Waals surface area contributed by atoms with Crippen molar-refractivity contribution in [3.05, 3.63) is 7.35 Å². The first-order chi connectivity index (χ1) is 5.57. The largest absolute Gasteiger partial charge is 0.430 e. The van der Waals surface area contributed by atoms with E-state index < -0.39 is 0 Å². The Kier molecular flexibility index (Phi) is 7.51. The molecule has 0 N–H and O–H groups in total. The van der Waals surface area contributed by atoms with Crippen LogP contribution in [0.2, 0.25) is 0 Å². The van der Waals surface area contributed by atoms with Crippen molar-refractivity contribution in [3.8, 4) is 0 Å². The second-order valence-electron chi connectivity index (χ2n) is 2.38. The summed E-state index contributed by atoms with van der Waals surface area (Å²) in [5.74, 6) is 0.581. The van der Waals surface area contributed by atoms with Gasteiger partial charge in [-0.25, -0.2) is 0 Å². The lowest BCUT2D eigenvalue weighted by atomic mass is 10.2. The molecule has 70 valence electrons. The van der Waals surface area contributed by atoms with Crippen molar-refractivity contribution in [3.63, 3.8) is 0 Å². The Morgan fingerprint density at radius 3 is 2.33 bits per heavy atom. The van der Waals surface area contributed by atoms with Gasteiger partial charge in [-0.05, 0) is 51.6 Å². The van der Waals surface area contributed by atoms with Crippen LogP contribution in [0.25, 0.3) is 0 Å². The molecule has 0 saturated heterocycles. The summed E-state index contributed by atoms with van der Waals surface area (Å²) in [6.45, 7) is 3.55. The zero-order valence-corrected chi connectivity index (χ0v) is 11.5. The number of carbonyl (C=O) groups is 1. The highest BCUT2D eigenvalue weighted by Gasteiger charge is 2.05. The molecule has 0 saturated carbocycles. The molecule has 4 heteroatoms. The third kappa shape index (κ3) is 6.22. The Balaban J connectivity index is 4.07. The van der Waals surface area contributed by atoms with E-state index in [1.54, 1.807) is 0 Å². The molecule has 0 atom stereocenters. The van der Waals surface area contributed by atoms with Gasteiger partial charge >= 0.3 is 5.97 Å². The molecule has 12 heavy (non-hydrogen) atoms. The van der Waals surface area contributed by atoms with Crippen molar-refractivity contribution in [2.24, 2.45) is 0 Å². The van der Waals surface area contributed by atoms with Gasteiger partial charge in [0.2, 0.25) is 0 Å². The molecule has 0 bridgehead atoms. The van der Waals surface area contributed by atoms with Crippen LogP contribution in [0.5, 0.6) is 0 Å². The summed E-state index contributed by atoms with van der Waals surface area (Å²) in [6.07, 6.45) is 3.04. The van der Waals surface area contributed by atoms with Crippen LogP contribution in [-0.4, -0.2) is 5.97 Å². The molecule has 0 radical (unpaired) electrons. The molecule has 0 aromatic rings. The van der Waals surface area contributed by atoms with Crippen molar-refractivity contribution in [2.75, 3.05) is 0 Å². The van der Waals surface area contributed by atoms with E-state index in [-0.39, 0.29) is 5.97 Å². The smallest absolute Gasteiger partial charge is 0.307 e. The molecule has 0 aromatic heterocycles. The number of allylic oxidation sites excluding steroid dienone is 1. The summed E-state index contributed by atoms with van der Waals surface area (Å²) in [7, 11) is 0. The van der Waals surface area contributed by atoms with Gasteiger partial charge < -0.3 is 4.74 Å². The summed E-state index contributed by atoms with van der Waals surface area (Å²) in [6, 6.07) is 0. The lowest BCUT2D eigenvalue weighted by Gasteiger charge is -2.06. The maximum absolute atomic E-state index is 10.7. The van der Waals surface area contributed by atoms with Crippen molar-refractivity contribution in [1.29, 1.82) is 0 Å². The number of rotatable bonds is 4. The van der Waals surface area contributed by atoms with Crippen molar-refractivity contribution in [1.82, 2.24) is 0 Å². The van der Waals surface area contributed by atoms with E-state index in [4.69, 9.17) is 4.74 Å². The van der Waals surface area contributed by atoms with Crippen LogP contribution >= 0.6 is 45.2 Å². The predicted octanol–water partition coefficient (Wildman–Crippen LogP) is 3.78. The van der Waals surface area contributed by atoms with Gasteiger partial charge in [-0.1, -0.05) is 13.3 Å². The molecule has 2 nitrogen and oxygen atoms in total. The van der Waals surface area contributed by atoms with Crippen LogP contribution in [0.4, 0.5) is 0 Å². The van der Waals surface area contributed by atoms with E-state index in [0.717, 1.165) is 26.6 Å². The molecule has 0 spiro atoms. The first-order valence-electron chi connectivity index (χ1n) is 3.80. The molecular weight excluding hydrogens is 382 g/mol. The second-order valence-corrected chi connectivity index (χ2v) is 6.60. The molecule has 0 fully saturated rings. The number of carbonyl (C=O) groups excluding carboxylic acids is 1. The number of unbranched alkanes of at least 4 members (excludes halogenated alkanes) is 1. The normalized spacial score (nSPS) is 9.33. The molecular formula is C8H12I2O2. The highest BCUT2D eigenvalue weighted by atomic mass is 127. The number of hydrogen-bond acceptors (Lipinski definition) is 2. The fraction of sp³-hybridized carbons (Fsp3) is 0.625. The maximum atomic E-state index is 10.7. The zero-order chi connectivity index (χ0) is 9.56. The second kappa shape index (κ2) is 7.11.